The molecule has 0 amide bonds. The Morgan fingerprint density at radius 3 is 2.42 bits per heavy atom. The number of nitrogens with two attached hydrogens (primary N) is 1. The summed E-state index contributed by atoms with van der Waals surface area (Å²) in [5, 5.41) is 0. The number of halogens is 4. The van der Waals surface area contributed by atoms with Gasteiger partial charge in [-0.2, -0.15) is 8.78 Å². The molecule has 1 aromatic carbocycles. The van der Waals surface area contributed by atoms with Crippen molar-refractivity contribution in [1.82, 2.24) is 4.72 Å². The molecular formula is C10H12F4N2O2S. The highest BCUT2D eigenvalue weighted by Crippen LogP contribution is 2.25. The molecule has 1 aromatic rings. The first-order valence-electron chi connectivity index (χ1n) is 5.08. The second-order valence-corrected chi connectivity index (χ2v) is 5.58. The molecule has 0 aliphatic carbocycles. The predicted octanol–water partition coefficient (Wildman–Crippen LogP) is 1.76. The van der Waals surface area contributed by atoms with Crippen LogP contribution in [0.25, 0.3) is 0 Å². The minimum absolute atomic E-state index is 0.145. The molecule has 9 heteroatoms. The van der Waals surface area contributed by atoms with Gasteiger partial charge in [-0.15, -0.1) is 0 Å². The molecule has 0 radical (unpaired) electrons. The lowest BCUT2D eigenvalue weighted by Crippen LogP contribution is -2.41. The maximum Gasteiger partial charge on any atom is 0.320 e. The molecule has 0 aliphatic heterocycles. The number of anilines is 1. The van der Waals surface area contributed by atoms with Crippen molar-refractivity contribution >= 4 is 15.7 Å². The highest BCUT2D eigenvalue weighted by Gasteiger charge is 2.41. The van der Waals surface area contributed by atoms with Gasteiger partial charge in [-0.3, -0.25) is 0 Å². The lowest BCUT2D eigenvalue weighted by molar-refractivity contribution is -0.122. The van der Waals surface area contributed by atoms with Crippen LogP contribution in [0.2, 0.25) is 0 Å². The van der Waals surface area contributed by atoms with Gasteiger partial charge in [-0.05, 0) is 18.6 Å². The van der Waals surface area contributed by atoms with E-state index in [1.54, 1.807) is 0 Å². The summed E-state index contributed by atoms with van der Waals surface area (Å²) in [5.41, 5.74) is 5.54. The highest BCUT2D eigenvalue weighted by molar-refractivity contribution is 7.89. The number of aryl methyl sites for hydroxylation is 1. The van der Waals surface area contributed by atoms with E-state index in [0.29, 0.717) is 0 Å². The first kappa shape index (κ1) is 15.7. The van der Waals surface area contributed by atoms with E-state index in [1.165, 1.54) is 29.8 Å². The first-order valence-corrected chi connectivity index (χ1v) is 6.57. The van der Waals surface area contributed by atoms with E-state index >= 15 is 0 Å². The number of hydrogen-bond donors (Lipinski definition) is 2. The van der Waals surface area contributed by atoms with Crippen LogP contribution >= 0.6 is 0 Å². The Labute approximate surface area is 107 Å². The van der Waals surface area contributed by atoms with E-state index in [2.05, 4.69) is 0 Å². The molecule has 4 nitrogen and oxygen atoms in total. The average molecular weight is 300 g/mol. The van der Waals surface area contributed by atoms with E-state index in [0.717, 1.165) is 0 Å². The maximum atomic E-state index is 12.7. The number of rotatable bonds is 5. The maximum absolute atomic E-state index is 12.7. The lowest BCUT2D eigenvalue weighted by atomic mass is 10.2. The lowest BCUT2D eigenvalue weighted by Gasteiger charge is -2.17. The third-order valence-corrected chi connectivity index (χ3v) is 3.95. The smallest absolute Gasteiger partial charge is 0.320 e. The van der Waals surface area contributed by atoms with Gasteiger partial charge in [-0.25, -0.2) is 21.9 Å². The van der Waals surface area contributed by atoms with Gasteiger partial charge in [0.15, 0.2) is 0 Å². The molecule has 0 aromatic heterocycles. The quantitative estimate of drug-likeness (QED) is 0.643. The number of nitrogens with one attached hydrogen (secondary N) is 1. The third kappa shape index (κ3) is 3.57. The van der Waals surface area contributed by atoms with Gasteiger partial charge in [0.25, 0.3) is 0 Å². The zero-order chi connectivity index (χ0) is 14.8. The van der Waals surface area contributed by atoms with Crippen molar-refractivity contribution in [2.45, 2.75) is 24.2 Å². The van der Waals surface area contributed by atoms with Crippen LogP contribution in [0, 0.1) is 6.92 Å². The molecule has 1 rings (SSSR count). The molecule has 3 N–H and O–H groups in total. The molecule has 0 aliphatic rings. The second kappa shape index (κ2) is 5.33. The zero-order valence-electron chi connectivity index (χ0n) is 9.83. The standard InChI is InChI=1S/C10H12F4N2O2S/c1-6-3-2-4-7(15)8(6)19(17,18)16-5-10(13,14)9(11)12/h2-4,9,16H,5,15H2,1H3. The van der Waals surface area contributed by atoms with E-state index in [9.17, 15) is 26.0 Å². The molecular weight excluding hydrogens is 288 g/mol. The molecule has 0 unspecified atom stereocenters. The minimum atomic E-state index is -4.44. The van der Waals surface area contributed by atoms with Crippen molar-refractivity contribution in [2.75, 3.05) is 12.3 Å². The summed E-state index contributed by atoms with van der Waals surface area (Å²) < 4.78 is 74.2. The SMILES string of the molecule is Cc1cccc(N)c1S(=O)(=O)NCC(F)(F)C(F)F. The fourth-order valence-corrected chi connectivity index (χ4v) is 2.78. The van der Waals surface area contributed by atoms with E-state index in [-0.39, 0.29) is 16.1 Å². The average Bonchev–Trinajstić information content (AvgIpc) is 2.26. The van der Waals surface area contributed by atoms with Crippen molar-refractivity contribution in [3.05, 3.63) is 23.8 Å². The molecule has 0 atom stereocenters. The highest BCUT2D eigenvalue weighted by atomic mass is 32.2. The number of hydrogen-bond acceptors (Lipinski definition) is 3. The topological polar surface area (TPSA) is 72.2 Å². The van der Waals surface area contributed by atoms with Crippen LogP contribution in [0.5, 0.6) is 0 Å². The van der Waals surface area contributed by atoms with Crippen LogP contribution in [-0.2, 0) is 10.0 Å². The fourth-order valence-electron chi connectivity index (χ4n) is 1.38. The Balaban J connectivity index is 3.01. The molecule has 0 spiro atoms. The molecule has 0 bridgehead atoms. The van der Waals surface area contributed by atoms with Crippen molar-refractivity contribution in [2.24, 2.45) is 0 Å². The Morgan fingerprint density at radius 1 is 1.37 bits per heavy atom. The summed E-state index contributed by atoms with van der Waals surface area (Å²) in [7, 11) is -4.38. The Hall–Kier alpha value is -1.35. The van der Waals surface area contributed by atoms with Crippen molar-refractivity contribution in [3.63, 3.8) is 0 Å². The molecule has 19 heavy (non-hydrogen) atoms. The van der Waals surface area contributed by atoms with Crippen molar-refractivity contribution in [3.8, 4) is 0 Å². The third-order valence-electron chi connectivity index (χ3n) is 2.33. The minimum Gasteiger partial charge on any atom is -0.398 e. The van der Waals surface area contributed by atoms with Crippen molar-refractivity contribution < 1.29 is 26.0 Å². The summed E-state index contributed by atoms with van der Waals surface area (Å²) in [5.74, 6) is -4.44. The number of alkyl halides is 4. The summed E-state index contributed by atoms with van der Waals surface area (Å²) in [6, 6.07) is 4.17. The molecule has 0 fully saturated rings. The van der Waals surface area contributed by atoms with Crippen LogP contribution in [0.1, 0.15) is 5.56 Å². The normalized spacial score (nSPS) is 12.9. The number of benzene rings is 1. The Morgan fingerprint density at radius 2 is 1.95 bits per heavy atom. The van der Waals surface area contributed by atoms with Crippen LogP contribution in [-0.4, -0.2) is 27.3 Å². The Kier molecular flexibility index (Phi) is 4.41. The summed E-state index contributed by atoms with van der Waals surface area (Å²) in [6.45, 7) is -0.281. The van der Waals surface area contributed by atoms with E-state index in [4.69, 9.17) is 5.73 Å². The van der Waals surface area contributed by atoms with Gasteiger partial charge < -0.3 is 5.73 Å². The van der Waals surface area contributed by atoms with Gasteiger partial charge in [0.1, 0.15) is 4.90 Å². The number of nitrogen functional groups attached to an aromatic ring is 1. The summed E-state index contributed by atoms with van der Waals surface area (Å²) in [6.07, 6.45) is -3.95. The zero-order valence-corrected chi connectivity index (χ0v) is 10.6. The van der Waals surface area contributed by atoms with Gasteiger partial charge in [0, 0.05) is 0 Å². The summed E-state index contributed by atoms with van der Waals surface area (Å²) in [4.78, 5) is -0.389. The van der Waals surface area contributed by atoms with Crippen LogP contribution in [0.3, 0.4) is 0 Å². The van der Waals surface area contributed by atoms with E-state index < -0.39 is 28.9 Å². The summed E-state index contributed by atoms with van der Waals surface area (Å²) >= 11 is 0. The Bertz CT molecular complexity index is 540. The molecule has 0 saturated carbocycles. The largest absolute Gasteiger partial charge is 0.398 e. The van der Waals surface area contributed by atoms with E-state index in [1.807, 2.05) is 0 Å². The van der Waals surface area contributed by atoms with Gasteiger partial charge in [0.2, 0.25) is 10.0 Å². The number of sulfonamides is 1. The predicted molar refractivity (Wildman–Crippen MR) is 61.7 cm³/mol. The van der Waals surface area contributed by atoms with Crippen LogP contribution in [0.15, 0.2) is 23.1 Å². The first-order chi connectivity index (χ1) is 8.58. The van der Waals surface area contributed by atoms with Gasteiger partial charge in [0.05, 0.1) is 12.2 Å². The van der Waals surface area contributed by atoms with Gasteiger partial charge in [-0.1, -0.05) is 12.1 Å². The monoisotopic (exact) mass is 300 g/mol. The molecule has 0 saturated heterocycles. The van der Waals surface area contributed by atoms with Crippen LogP contribution in [0.4, 0.5) is 23.2 Å². The molecule has 108 valence electrons. The fraction of sp³-hybridized carbons (Fsp3) is 0.400. The molecule has 0 heterocycles. The second-order valence-electron chi connectivity index (χ2n) is 3.88. The van der Waals surface area contributed by atoms with Gasteiger partial charge >= 0.3 is 12.3 Å². The van der Waals surface area contributed by atoms with Crippen LogP contribution < -0.4 is 10.5 Å². The van der Waals surface area contributed by atoms with Crippen molar-refractivity contribution in [1.29, 1.82) is 0 Å².